The fraction of sp³-hybridized carbons (Fsp3) is 0.647. The molecule has 2 fully saturated rings. The fourth-order valence-electron chi connectivity index (χ4n) is 3.84. The van der Waals surface area contributed by atoms with Crippen LogP contribution in [-0.2, 0) is 16.0 Å². The van der Waals surface area contributed by atoms with Gasteiger partial charge in [-0.05, 0) is 33.8 Å². The third-order valence-corrected chi connectivity index (χ3v) is 5.15. The molecule has 0 unspecified atom stereocenters. The second kappa shape index (κ2) is 6.21. The third-order valence-electron chi connectivity index (χ3n) is 5.15. The smallest absolute Gasteiger partial charge is 0.183 e. The van der Waals surface area contributed by atoms with Crippen LogP contribution in [0.4, 0.5) is 0 Å². The number of aromatic nitrogens is 3. The molecule has 8 nitrogen and oxygen atoms in total. The van der Waals surface area contributed by atoms with Crippen LogP contribution in [0.2, 0.25) is 0 Å². The molecule has 5 atom stereocenters. The van der Waals surface area contributed by atoms with E-state index in [0.29, 0.717) is 13.2 Å². The number of nitrogens with one attached hydrogen (secondary N) is 1. The third kappa shape index (κ3) is 2.79. The highest BCUT2D eigenvalue weighted by molar-refractivity contribution is 5.21. The number of aryl methyl sites for hydroxylation is 4. The number of rotatable bonds is 4. The molecule has 2 aromatic heterocycles. The molecule has 8 heteroatoms. The SMILES string of the molecule is Cc1cc(C)n([C@H]2[C@@H]3OC[C@@H](O3)[C@@H](NCc3c(C)noc3C)[C@@H]2O)n1. The molecule has 0 radical (unpaired) electrons. The van der Waals surface area contributed by atoms with Gasteiger partial charge in [0.2, 0.25) is 0 Å². The standard InChI is InChI=1S/C17H24N4O4/c1-8-5-9(2)21(19-8)15-16(22)14(13-7-23-17(15)24-13)18-6-12-10(3)20-25-11(12)4/h5,13-18,22H,6-7H2,1-4H3/t13-,14-,15-,16+,17-/m1/s1. The molecular formula is C17H24N4O4. The van der Waals surface area contributed by atoms with E-state index in [4.69, 9.17) is 14.0 Å². The summed E-state index contributed by atoms with van der Waals surface area (Å²) < 4.78 is 18.8. The first-order valence-corrected chi connectivity index (χ1v) is 8.58. The molecule has 2 aliphatic rings. The van der Waals surface area contributed by atoms with Crippen molar-refractivity contribution in [2.45, 2.75) is 64.8 Å². The van der Waals surface area contributed by atoms with Crippen molar-refractivity contribution in [1.82, 2.24) is 20.3 Å². The molecule has 25 heavy (non-hydrogen) atoms. The Morgan fingerprint density at radius 2 is 2.12 bits per heavy atom. The lowest BCUT2D eigenvalue weighted by Crippen LogP contribution is -2.57. The van der Waals surface area contributed by atoms with E-state index in [9.17, 15) is 5.11 Å². The number of hydrogen-bond acceptors (Lipinski definition) is 7. The molecule has 0 aliphatic carbocycles. The molecule has 2 aliphatic heterocycles. The van der Waals surface area contributed by atoms with Gasteiger partial charge in [-0.25, -0.2) is 0 Å². The minimum atomic E-state index is -0.676. The lowest BCUT2D eigenvalue weighted by molar-refractivity contribution is -0.168. The minimum absolute atomic E-state index is 0.186. The highest BCUT2D eigenvalue weighted by Crippen LogP contribution is 2.36. The van der Waals surface area contributed by atoms with Crippen LogP contribution in [0.3, 0.4) is 0 Å². The van der Waals surface area contributed by atoms with E-state index in [0.717, 1.165) is 28.4 Å². The topological polar surface area (TPSA) is 94.6 Å². The number of fused-ring (bicyclic) bond motifs is 2. The van der Waals surface area contributed by atoms with Gasteiger partial charge in [0.25, 0.3) is 0 Å². The van der Waals surface area contributed by atoms with Gasteiger partial charge in [0.15, 0.2) is 6.29 Å². The summed E-state index contributed by atoms with van der Waals surface area (Å²) in [5, 5.41) is 22.9. The van der Waals surface area contributed by atoms with Gasteiger partial charge in [-0.3, -0.25) is 4.68 Å². The van der Waals surface area contributed by atoms with E-state index in [1.165, 1.54) is 0 Å². The van der Waals surface area contributed by atoms with Crippen molar-refractivity contribution < 1.29 is 19.1 Å². The average Bonchev–Trinajstić information content (AvgIpc) is 3.22. The second-order valence-electron chi connectivity index (χ2n) is 6.94. The predicted molar refractivity (Wildman–Crippen MR) is 88.0 cm³/mol. The molecule has 2 bridgehead atoms. The van der Waals surface area contributed by atoms with Crippen LogP contribution < -0.4 is 5.32 Å². The van der Waals surface area contributed by atoms with Crippen LogP contribution in [0.25, 0.3) is 0 Å². The Bertz CT molecular complexity index is 751. The van der Waals surface area contributed by atoms with Crippen molar-refractivity contribution in [1.29, 1.82) is 0 Å². The zero-order valence-corrected chi connectivity index (χ0v) is 14.9. The number of hydrogen-bond donors (Lipinski definition) is 2. The van der Waals surface area contributed by atoms with Gasteiger partial charge in [-0.1, -0.05) is 5.16 Å². The lowest BCUT2D eigenvalue weighted by Gasteiger charge is -2.39. The Morgan fingerprint density at radius 3 is 2.76 bits per heavy atom. The van der Waals surface area contributed by atoms with Crippen molar-refractivity contribution in [3.63, 3.8) is 0 Å². The summed E-state index contributed by atoms with van der Waals surface area (Å²) in [7, 11) is 0. The summed E-state index contributed by atoms with van der Waals surface area (Å²) in [4.78, 5) is 0. The summed E-state index contributed by atoms with van der Waals surface area (Å²) in [5.41, 5.74) is 3.75. The van der Waals surface area contributed by atoms with Crippen LogP contribution >= 0.6 is 0 Å². The fourth-order valence-corrected chi connectivity index (χ4v) is 3.84. The van der Waals surface area contributed by atoms with Crippen LogP contribution in [0.5, 0.6) is 0 Å². The largest absolute Gasteiger partial charge is 0.389 e. The zero-order chi connectivity index (χ0) is 17.7. The summed E-state index contributed by atoms with van der Waals surface area (Å²) >= 11 is 0. The van der Waals surface area contributed by atoms with Crippen LogP contribution in [0.1, 0.15) is 34.4 Å². The van der Waals surface area contributed by atoms with Gasteiger partial charge in [0.05, 0.1) is 30.1 Å². The van der Waals surface area contributed by atoms with Crippen molar-refractivity contribution in [2.75, 3.05) is 6.61 Å². The highest BCUT2D eigenvalue weighted by atomic mass is 16.7. The second-order valence-corrected chi connectivity index (χ2v) is 6.94. The van der Waals surface area contributed by atoms with Gasteiger partial charge in [-0.2, -0.15) is 5.10 Å². The first-order valence-electron chi connectivity index (χ1n) is 8.58. The molecule has 0 spiro atoms. The first-order chi connectivity index (χ1) is 12.0. The quantitative estimate of drug-likeness (QED) is 0.848. The Labute approximate surface area is 146 Å². The number of ether oxygens (including phenoxy) is 2. The molecule has 2 aromatic rings. The number of nitrogens with zero attached hydrogens (tertiary/aromatic N) is 3. The van der Waals surface area contributed by atoms with Crippen molar-refractivity contribution >= 4 is 0 Å². The van der Waals surface area contributed by atoms with Crippen molar-refractivity contribution in [3.05, 3.63) is 34.5 Å². The minimum Gasteiger partial charge on any atom is -0.389 e. The van der Waals surface area contributed by atoms with Crippen LogP contribution in [0.15, 0.2) is 10.6 Å². The molecule has 4 rings (SSSR count). The van der Waals surface area contributed by atoms with Gasteiger partial charge < -0.3 is 24.4 Å². The summed E-state index contributed by atoms with van der Waals surface area (Å²) in [6.07, 6.45) is -1.34. The number of aliphatic hydroxyl groups is 1. The predicted octanol–water partition coefficient (Wildman–Crippen LogP) is 0.920. The maximum absolute atomic E-state index is 11.0. The average molecular weight is 348 g/mol. The normalized spacial score (nSPS) is 31.6. The van der Waals surface area contributed by atoms with Crippen molar-refractivity contribution in [3.8, 4) is 0 Å². The molecule has 136 valence electrons. The van der Waals surface area contributed by atoms with Gasteiger partial charge in [0, 0.05) is 17.8 Å². The molecule has 0 aromatic carbocycles. The first kappa shape index (κ1) is 16.7. The monoisotopic (exact) mass is 348 g/mol. The van der Waals surface area contributed by atoms with Gasteiger partial charge in [0.1, 0.15) is 17.9 Å². The van der Waals surface area contributed by atoms with E-state index in [1.54, 1.807) is 0 Å². The highest BCUT2D eigenvalue weighted by Gasteiger charge is 2.51. The lowest BCUT2D eigenvalue weighted by atomic mass is 9.95. The summed E-state index contributed by atoms with van der Waals surface area (Å²) in [5.74, 6) is 0.784. The van der Waals surface area contributed by atoms with E-state index in [2.05, 4.69) is 15.6 Å². The Kier molecular flexibility index (Phi) is 4.15. The molecule has 2 saturated heterocycles. The molecule has 0 saturated carbocycles. The van der Waals surface area contributed by atoms with E-state index in [-0.39, 0.29) is 18.2 Å². The zero-order valence-electron chi connectivity index (χ0n) is 14.9. The van der Waals surface area contributed by atoms with Gasteiger partial charge in [-0.15, -0.1) is 0 Å². The Hall–Kier alpha value is -1.74. The molecular weight excluding hydrogens is 324 g/mol. The summed E-state index contributed by atoms with van der Waals surface area (Å²) in [6.45, 7) is 8.71. The maximum Gasteiger partial charge on any atom is 0.183 e. The Morgan fingerprint density at radius 1 is 1.32 bits per heavy atom. The van der Waals surface area contributed by atoms with Crippen LogP contribution in [0, 0.1) is 27.7 Å². The molecule has 2 N–H and O–H groups in total. The van der Waals surface area contributed by atoms with Crippen LogP contribution in [-0.4, -0.2) is 51.2 Å². The number of aliphatic hydroxyl groups excluding tert-OH is 1. The molecule has 4 heterocycles. The molecule has 0 amide bonds. The van der Waals surface area contributed by atoms with Gasteiger partial charge >= 0.3 is 0 Å². The van der Waals surface area contributed by atoms with Crippen molar-refractivity contribution in [2.24, 2.45) is 0 Å². The van der Waals surface area contributed by atoms with E-state index in [1.807, 2.05) is 38.4 Å². The van der Waals surface area contributed by atoms with E-state index < -0.39 is 12.4 Å². The van der Waals surface area contributed by atoms with E-state index >= 15 is 0 Å². The maximum atomic E-state index is 11.0. The summed E-state index contributed by atoms with van der Waals surface area (Å²) in [6, 6.07) is 1.34. The Balaban J connectivity index is 1.57.